The number of thioether (sulfide) groups is 2. The average molecular weight is 471 g/mol. The van der Waals surface area contributed by atoms with E-state index in [1.165, 1.54) is 23.5 Å². The molecular formula is C25H30N2O3S2. The Labute approximate surface area is 198 Å². The van der Waals surface area contributed by atoms with Crippen molar-refractivity contribution in [2.45, 2.75) is 36.8 Å². The van der Waals surface area contributed by atoms with Gasteiger partial charge in [-0.15, -0.1) is 23.5 Å². The van der Waals surface area contributed by atoms with E-state index in [-0.39, 0.29) is 24.5 Å². The summed E-state index contributed by atoms with van der Waals surface area (Å²) in [6, 6.07) is 15.9. The lowest BCUT2D eigenvalue weighted by molar-refractivity contribution is -0.124. The van der Waals surface area contributed by atoms with Crippen molar-refractivity contribution >= 4 is 35.3 Å². The summed E-state index contributed by atoms with van der Waals surface area (Å²) in [4.78, 5) is 26.9. The maximum absolute atomic E-state index is 12.6. The Kier molecular flexibility index (Phi) is 8.03. The summed E-state index contributed by atoms with van der Waals surface area (Å²) < 4.78 is 6.19. The number of hydrogen-bond donors (Lipinski definition) is 1. The first kappa shape index (κ1) is 23.1. The minimum atomic E-state index is -0.115. The van der Waals surface area contributed by atoms with Crippen LogP contribution in [0.15, 0.2) is 48.5 Å². The van der Waals surface area contributed by atoms with Crippen molar-refractivity contribution in [2.24, 2.45) is 0 Å². The zero-order valence-corrected chi connectivity index (χ0v) is 20.1. The molecule has 7 heteroatoms. The summed E-state index contributed by atoms with van der Waals surface area (Å²) in [5.74, 6) is 3.10. The Balaban J connectivity index is 1.18. The lowest BCUT2D eigenvalue weighted by atomic mass is 10.0. The van der Waals surface area contributed by atoms with Crippen molar-refractivity contribution in [1.82, 2.24) is 10.2 Å². The Morgan fingerprint density at radius 1 is 1.00 bits per heavy atom. The van der Waals surface area contributed by atoms with Crippen molar-refractivity contribution in [2.75, 3.05) is 31.2 Å². The third kappa shape index (κ3) is 6.23. The Hall–Kier alpha value is -2.12. The van der Waals surface area contributed by atoms with Crippen LogP contribution in [0.25, 0.3) is 0 Å². The highest BCUT2D eigenvalue weighted by Gasteiger charge is 2.24. The predicted octanol–water partition coefficient (Wildman–Crippen LogP) is 4.66. The van der Waals surface area contributed by atoms with E-state index in [0.29, 0.717) is 23.4 Å². The number of piperidine rings is 1. The number of nitrogens with one attached hydrogen (secondary N) is 1. The fourth-order valence-corrected chi connectivity index (χ4v) is 6.82. The van der Waals surface area contributed by atoms with E-state index in [4.69, 9.17) is 4.74 Å². The molecule has 0 aromatic heterocycles. The van der Waals surface area contributed by atoms with Crippen LogP contribution < -0.4 is 10.1 Å². The minimum absolute atomic E-state index is 0.00872. The molecule has 0 aliphatic carbocycles. The molecule has 32 heavy (non-hydrogen) atoms. The first-order chi connectivity index (χ1) is 15.6. The number of amides is 2. The third-order valence-electron chi connectivity index (χ3n) is 5.80. The van der Waals surface area contributed by atoms with Crippen LogP contribution in [0.2, 0.25) is 0 Å². The Morgan fingerprint density at radius 3 is 2.31 bits per heavy atom. The lowest BCUT2D eigenvalue weighted by Crippen LogP contribution is -2.47. The SMILES string of the molecule is Cc1ccc(C(=O)N2CCC(NC(=O)COc3ccc(C4SCCCS4)cc3)CC2)cc1. The maximum Gasteiger partial charge on any atom is 0.258 e. The second kappa shape index (κ2) is 11.1. The van der Waals surface area contributed by atoms with Gasteiger partial charge in [0.05, 0.1) is 4.58 Å². The molecular weight excluding hydrogens is 440 g/mol. The summed E-state index contributed by atoms with van der Waals surface area (Å²) in [5, 5.41) is 3.05. The van der Waals surface area contributed by atoms with Gasteiger partial charge in [0, 0.05) is 24.7 Å². The number of carbonyl (C=O) groups excluding carboxylic acids is 2. The first-order valence-electron chi connectivity index (χ1n) is 11.2. The number of ether oxygens (including phenoxy) is 1. The molecule has 0 bridgehead atoms. The van der Waals surface area contributed by atoms with Crippen molar-refractivity contribution in [3.05, 3.63) is 65.2 Å². The molecule has 2 saturated heterocycles. The van der Waals surface area contributed by atoms with Crippen LogP contribution in [-0.4, -0.2) is 54.0 Å². The van der Waals surface area contributed by atoms with Gasteiger partial charge in [0.15, 0.2) is 6.61 Å². The summed E-state index contributed by atoms with van der Waals surface area (Å²) in [5.41, 5.74) is 3.17. The van der Waals surface area contributed by atoms with Gasteiger partial charge in [-0.3, -0.25) is 9.59 Å². The standard InChI is InChI=1S/C25H30N2O3S2/c1-18-3-5-19(6-4-18)24(29)27-13-11-21(12-14-27)26-23(28)17-30-22-9-7-20(8-10-22)25-31-15-2-16-32-25/h3-10,21,25H,2,11-17H2,1H3,(H,26,28). The van der Waals surface area contributed by atoms with Crippen LogP contribution in [0, 0.1) is 6.92 Å². The van der Waals surface area contributed by atoms with Gasteiger partial charge in [0.25, 0.3) is 11.8 Å². The van der Waals surface area contributed by atoms with Crippen molar-refractivity contribution < 1.29 is 14.3 Å². The van der Waals surface area contributed by atoms with Crippen LogP contribution in [-0.2, 0) is 4.79 Å². The molecule has 0 spiro atoms. The summed E-state index contributed by atoms with van der Waals surface area (Å²) in [7, 11) is 0. The number of hydrogen-bond acceptors (Lipinski definition) is 5. The second-order valence-corrected chi connectivity index (χ2v) is 11.0. The molecule has 2 aliphatic rings. The summed E-state index contributed by atoms with van der Waals surface area (Å²) in [6.07, 6.45) is 2.80. The number of likely N-dealkylation sites (tertiary alicyclic amines) is 1. The molecule has 2 aromatic carbocycles. The van der Waals surface area contributed by atoms with Crippen molar-refractivity contribution in [3.8, 4) is 5.75 Å². The van der Waals surface area contributed by atoms with Gasteiger partial charge in [-0.1, -0.05) is 29.8 Å². The second-order valence-electron chi connectivity index (χ2n) is 8.28. The number of aryl methyl sites for hydroxylation is 1. The predicted molar refractivity (Wildman–Crippen MR) is 132 cm³/mol. The first-order valence-corrected chi connectivity index (χ1v) is 13.3. The zero-order valence-electron chi connectivity index (χ0n) is 18.4. The zero-order chi connectivity index (χ0) is 22.3. The molecule has 0 radical (unpaired) electrons. The quantitative estimate of drug-likeness (QED) is 0.665. The molecule has 5 nitrogen and oxygen atoms in total. The monoisotopic (exact) mass is 470 g/mol. The fourth-order valence-electron chi connectivity index (χ4n) is 3.93. The minimum Gasteiger partial charge on any atom is -0.484 e. The van der Waals surface area contributed by atoms with Gasteiger partial charge in [0.1, 0.15) is 5.75 Å². The molecule has 170 valence electrons. The van der Waals surface area contributed by atoms with Crippen LogP contribution >= 0.6 is 23.5 Å². The number of nitrogens with zero attached hydrogens (tertiary/aromatic N) is 1. The van der Waals surface area contributed by atoms with Crippen LogP contribution in [0.5, 0.6) is 5.75 Å². The van der Waals surface area contributed by atoms with Crippen molar-refractivity contribution in [1.29, 1.82) is 0 Å². The van der Waals surface area contributed by atoms with E-state index in [0.717, 1.165) is 24.0 Å². The molecule has 2 heterocycles. The molecule has 0 saturated carbocycles. The number of carbonyl (C=O) groups is 2. The van der Waals surface area contributed by atoms with Gasteiger partial charge in [-0.05, 0) is 67.5 Å². The van der Waals surface area contributed by atoms with Gasteiger partial charge in [-0.25, -0.2) is 0 Å². The molecule has 2 aromatic rings. The smallest absolute Gasteiger partial charge is 0.258 e. The van der Waals surface area contributed by atoms with E-state index in [1.807, 2.05) is 71.7 Å². The lowest BCUT2D eigenvalue weighted by Gasteiger charge is -2.32. The molecule has 1 N–H and O–H groups in total. The Bertz CT molecular complexity index is 904. The van der Waals surface area contributed by atoms with Crippen LogP contribution in [0.1, 0.15) is 45.3 Å². The van der Waals surface area contributed by atoms with Gasteiger partial charge in [-0.2, -0.15) is 0 Å². The highest BCUT2D eigenvalue weighted by Crippen LogP contribution is 2.43. The van der Waals surface area contributed by atoms with Crippen molar-refractivity contribution in [3.63, 3.8) is 0 Å². The van der Waals surface area contributed by atoms with E-state index in [9.17, 15) is 9.59 Å². The molecule has 0 atom stereocenters. The number of benzene rings is 2. The summed E-state index contributed by atoms with van der Waals surface area (Å²) >= 11 is 3.99. The van der Waals surface area contributed by atoms with E-state index in [1.54, 1.807) is 0 Å². The number of rotatable bonds is 6. The van der Waals surface area contributed by atoms with Crippen LogP contribution in [0.3, 0.4) is 0 Å². The van der Waals surface area contributed by atoms with Gasteiger partial charge in [0.2, 0.25) is 0 Å². The van der Waals surface area contributed by atoms with Crippen LogP contribution in [0.4, 0.5) is 0 Å². The largest absolute Gasteiger partial charge is 0.484 e. The molecule has 4 rings (SSSR count). The van der Waals surface area contributed by atoms with Gasteiger partial charge >= 0.3 is 0 Å². The highest BCUT2D eigenvalue weighted by molar-refractivity contribution is 8.16. The maximum atomic E-state index is 12.6. The average Bonchev–Trinajstić information content (AvgIpc) is 2.84. The normalized spacial score (nSPS) is 17.7. The highest BCUT2D eigenvalue weighted by atomic mass is 32.2. The Morgan fingerprint density at radius 2 is 1.66 bits per heavy atom. The topological polar surface area (TPSA) is 58.6 Å². The summed E-state index contributed by atoms with van der Waals surface area (Å²) in [6.45, 7) is 3.32. The molecule has 2 amide bonds. The van der Waals surface area contributed by atoms with E-state index in [2.05, 4.69) is 17.4 Å². The fraction of sp³-hybridized carbons (Fsp3) is 0.440. The van der Waals surface area contributed by atoms with Gasteiger partial charge < -0.3 is 15.0 Å². The molecule has 2 fully saturated rings. The van der Waals surface area contributed by atoms with E-state index < -0.39 is 0 Å². The third-order valence-corrected chi connectivity index (χ3v) is 8.81. The molecule has 0 unspecified atom stereocenters. The van der Waals surface area contributed by atoms with E-state index >= 15 is 0 Å². The molecule has 2 aliphatic heterocycles.